The molecular formula is C28H35N3O4. The summed E-state index contributed by atoms with van der Waals surface area (Å²) in [5.74, 6) is 1.40. The number of carbonyl (C=O) groups excluding carboxylic acids is 1. The zero-order chi connectivity index (χ0) is 25.1. The van der Waals surface area contributed by atoms with Gasteiger partial charge in [-0.05, 0) is 67.0 Å². The number of amides is 1. The van der Waals surface area contributed by atoms with Gasteiger partial charge in [0.1, 0.15) is 12.4 Å². The molecule has 7 nitrogen and oxygen atoms in total. The van der Waals surface area contributed by atoms with Gasteiger partial charge in [0.2, 0.25) is 5.91 Å². The summed E-state index contributed by atoms with van der Waals surface area (Å²) in [5, 5.41) is 12.1. The van der Waals surface area contributed by atoms with Crippen LogP contribution in [-0.2, 0) is 16.1 Å². The Morgan fingerprint density at radius 3 is 2.60 bits per heavy atom. The summed E-state index contributed by atoms with van der Waals surface area (Å²) in [6.07, 6.45) is 3.53. The number of carboxylic acids is 1. The Bertz CT molecular complexity index is 1200. The molecule has 0 radical (unpaired) electrons. The quantitative estimate of drug-likeness (QED) is 0.446. The number of rotatable bonds is 8. The first kappa shape index (κ1) is 24.9. The fourth-order valence-corrected chi connectivity index (χ4v) is 5.52. The second kappa shape index (κ2) is 10.6. The Morgan fingerprint density at radius 2 is 1.91 bits per heavy atom. The maximum atomic E-state index is 12.6. The van der Waals surface area contributed by atoms with E-state index in [2.05, 4.69) is 35.6 Å². The Morgan fingerprint density at radius 1 is 1.17 bits per heavy atom. The zero-order valence-corrected chi connectivity index (χ0v) is 21.0. The van der Waals surface area contributed by atoms with E-state index in [1.807, 2.05) is 37.3 Å². The minimum absolute atomic E-state index is 0.0540. The van der Waals surface area contributed by atoms with Crippen LogP contribution in [0, 0.1) is 24.7 Å². The van der Waals surface area contributed by atoms with Gasteiger partial charge in [0.15, 0.2) is 0 Å². The first-order valence-electron chi connectivity index (χ1n) is 12.4. The third-order valence-electron chi connectivity index (χ3n) is 7.20. The van der Waals surface area contributed by atoms with Gasteiger partial charge in [0.25, 0.3) is 0 Å². The molecule has 2 N–H and O–H groups in total. The molecule has 1 aromatic heterocycles. The molecule has 0 saturated heterocycles. The highest BCUT2D eigenvalue weighted by Gasteiger charge is 2.33. The SMILES string of the molecule is Cc1nc2cc(NC(=O)COC3CCCC(C)C3C(C)C)ccc2n1Cc1ccc(C(=O)O)cc1. The fraction of sp³-hybridized carbons (Fsp3) is 0.464. The number of nitrogens with zero attached hydrogens (tertiary/aromatic N) is 2. The average Bonchev–Trinajstić information content (AvgIpc) is 3.12. The number of fused-ring (bicyclic) bond motifs is 1. The average molecular weight is 478 g/mol. The molecule has 1 aliphatic rings. The number of carbonyl (C=O) groups is 2. The number of nitrogens with one attached hydrogen (secondary N) is 1. The van der Waals surface area contributed by atoms with Crippen LogP contribution in [0.2, 0.25) is 0 Å². The monoisotopic (exact) mass is 477 g/mol. The number of aryl methyl sites for hydroxylation is 1. The van der Waals surface area contributed by atoms with Gasteiger partial charge in [-0.2, -0.15) is 0 Å². The van der Waals surface area contributed by atoms with Crippen LogP contribution in [0.5, 0.6) is 0 Å². The van der Waals surface area contributed by atoms with Crippen LogP contribution in [0.15, 0.2) is 42.5 Å². The van der Waals surface area contributed by atoms with Crippen molar-refractivity contribution in [2.75, 3.05) is 11.9 Å². The topological polar surface area (TPSA) is 93.5 Å². The molecule has 1 amide bonds. The molecular weight excluding hydrogens is 442 g/mol. The van der Waals surface area contributed by atoms with Crippen molar-refractivity contribution in [2.45, 2.75) is 59.6 Å². The van der Waals surface area contributed by atoms with Crippen LogP contribution in [0.4, 0.5) is 5.69 Å². The molecule has 1 aliphatic carbocycles. The predicted molar refractivity (Wildman–Crippen MR) is 137 cm³/mol. The molecule has 3 unspecified atom stereocenters. The summed E-state index contributed by atoms with van der Waals surface area (Å²) in [6.45, 7) is 9.35. The van der Waals surface area contributed by atoms with Crippen LogP contribution in [0.3, 0.4) is 0 Å². The number of anilines is 1. The first-order valence-corrected chi connectivity index (χ1v) is 12.4. The lowest BCUT2D eigenvalue weighted by molar-refractivity contribution is -0.126. The fourth-order valence-electron chi connectivity index (χ4n) is 5.52. The molecule has 1 heterocycles. The second-order valence-corrected chi connectivity index (χ2v) is 10.1. The summed E-state index contributed by atoms with van der Waals surface area (Å²) < 4.78 is 8.17. The van der Waals surface area contributed by atoms with Crippen LogP contribution in [0.25, 0.3) is 11.0 Å². The normalized spacial score (nSPS) is 20.3. The number of carboxylic acid groups (broad SMARTS) is 1. The van der Waals surface area contributed by atoms with Gasteiger partial charge >= 0.3 is 5.97 Å². The summed E-state index contributed by atoms with van der Waals surface area (Å²) in [5.41, 5.74) is 3.70. The zero-order valence-electron chi connectivity index (χ0n) is 21.0. The molecule has 3 aromatic rings. The molecule has 7 heteroatoms. The molecule has 2 aromatic carbocycles. The molecule has 186 valence electrons. The molecule has 1 fully saturated rings. The van der Waals surface area contributed by atoms with Gasteiger partial charge in [-0.3, -0.25) is 4.79 Å². The third-order valence-corrected chi connectivity index (χ3v) is 7.20. The maximum absolute atomic E-state index is 12.6. The van der Waals surface area contributed by atoms with Gasteiger partial charge in [0.05, 0.1) is 22.7 Å². The van der Waals surface area contributed by atoms with E-state index >= 15 is 0 Å². The highest BCUT2D eigenvalue weighted by molar-refractivity contribution is 5.94. The van der Waals surface area contributed by atoms with Gasteiger partial charge in [0, 0.05) is 12.2 Å². The van der Waals surface area contributed by atoms with E-state index in [0.29, 0.717) is 30.0 Å². The van der Waals surface area contributed by atoms with Crippen LogP contribution in [-0.4, -0.2) is 39.2 Å². The van der Waals surface area contributed by atoms with E-state index in [4.69, 9.17) is 9.84 Å². The second-order valence-electron chi connectivity index (χ2n) is 10.1. The molecule has 0 spiro atoms. The van der Waals surface area contributed by atoms with Gasteiger partial charge < -0.3 is 19.7 Å². The van der Waals surface area contributed by atoms with E-state index < -0.39 is 5.97 Å². The Labute approximate surface area is 206 Å². The number of ether oxygens (including phenoxy) is 1. The Hall–Kier alpha value is -3.19. The van der Waals surface area contributed by atoms with Crippen molar-refractivity contribution in [2.24, 2.45) is 17.8 Å². The van der Waals surface area contributed by atoms with Crippen molar-refractivity contribution in [1.29, 1.82) is 0 Å². The predicted octanol–water partition coefficient (Wildman–Crippen LogP) is 5.51. The summed E-state index contributed by atoms with van der Waals surface area (Å²) in [6, 6.07) is 12.6. The van der Waals surface area contributed by atoms with E-state index in [-0.39, 0.29) is 24.2 Å². The van der Waals surface area contributed by atoms with Gasteiger partial charge in [-0.25, -0.2) is 9.78 Å². The van der Waals surface area contributed by atoms with Crippen molar-refractivity contribution in [1.82, 2.24) is 9.55 Å². The lowest BCUT2D eigenvalue weighted by Gasteiger charge is -2.38. The number of hydrogen-bond donors (Lipinski definition) is 2. The van der Waals surface area contributed by atoms with Crippen LogP contribution >= 0.6 is 0 Å². The highest BCUT2D eigenvalue weighted by atomic mass is 16.5. The molecule has 0 bridgehead atoms. The van der Waals surface area contributed by atoms with E-state index in [1.54, 1.807) is 12.1 Å². The van der Waals surface area contributed by atoms with E-state index in [1.165, 1.54) is 6.42 Å². The molecule has 35 heavy (non-hydrogen) atoms. The lowest BCUT2D eigenvalue weighted by atomic mass is 9.72. The highest BCUT2D eigenvalue weighted by Crippen LogP contribution is 2.36. The van der Waals surface area contributed by atoms with Crippen molar-refractivity contribution >= 4 is 28.6 Å². The number of benzene rings is 2. The Balaban J connectivity index is 1.41. The number of aromatic carboxylic acids is 1. The molecule has 0 aliphatic heterocycles. The van der Waals surface area contributed by atoms with Gasteiger partial charge in [-0.1, -0.05) is 45.7 Å². The molecule has 4 rings (SSSR count). The number of imidazole rings is 1. The maximum Gasteiger partial charge on any atom is 0.335 e. The first-order chi connectivity index (χ1) is 16.7. The molecule has 1 saturated carbocycles. The van der Waals surface area contributed by atoms with Crippen molar-refractivity contribution in [3.63, 3.8) is 0 Å². The van der Waals surface area contributed by atoms with Crippen LogP contribution < -0.4 is 5.32 Å². The van der Waals surface area contributed by atoms with Gasteiger partial charge in [-0.15, -0.1) is 0 Å². The third kappa shape index (κ3) is 5.73. The summed E-state index contributed by atoms with van der Waals surface area (Å²) >= 11 is 0. The lowest BCUT2D eigenvalue weighted by Crippen LogP contribution is -2.38. The van der Waals surface area contributed by atoms with Crippen LogP contribution in [0.1, 0.15) is 61.8 Å². The number of aromatic nitrogens is 2. The molecule has 3 atom stereocenters. The summed E-state index contributed by atoms with van der Waals surface area (Å²) in [7, 11) is 0. The smallest absolute Gasteiger partial charge is 0.335 e. The van der Waals surface area contributed by atoms with E-state index in [0.717, 1.165) is 35.3 Å². The minimum atomic E-state index is -0.936. The largest absolute Gasteiger partial charge is 0.478 e. The summed E-state index contributed by atoms with van der Waals surface area (Å²) in [4.78, 5) is 28.4. The minimum Gasteiger partial charge on any atom is -0.478 e. The van der Waals surface area contributed by atoms with Crippen molar-refractivity contribution in [3.8, 4) is 0 Å². The van der Waals surface area contributed by atoms with Crippen molar-refractivity contribution < 1.29 is 19.4 Å². The Kier molecular flexibility index (Phi) is 7.55. The van der Waals surface area contributed by atoms with E-state index in [9.17, 15) is 9.59 Å². The standard InChI is InChI=1S/C28H35N3O4/c1-17(2)27-18(3)6-5-7-25(27)35-16-26(32)30-22-12-13-24-23(14-22)29-19(4)31(24)15-20-8-10-21(11-9-20)28(33)34/h8-14,17-18,25,27H,5-7,15-16H2,1-4H3,(H,30,32)(H,33,34). The van der Waals surface area contributed by atoms with Crippen molar-refractivity contribution in [3.05, 3.63) is 59.4 Å². The number of hydrogen-bond acceptors (Lipinski definition) is 4.